The van der Waals surface area contributed by atoms with Crippen molar-refractivity contribution in [2.45, 2.75) is 26.1 Å². The number of ether oxygens (including phenoxy) is 4. The molecule has 33 heavy (non-hydrogen) atoms. The van der Waals surface area contributed by atoms with E-state index in [1.165, 1.54) is 11.3 Å². The Balaban J connectivity index is 1.65. The molecule has 2 aromatic carbocycles. The number of carbonyl (C=O) groups excluding carboxylic acids is 2. The fraction of sp³-hybridized carbons (Fsp3) is 0.280. The first-order valence-corrected chi connectivity index (χ1v) is 11.4. The van der Waals surface area contributed by atoms with Gasteiger partial charge in [0.15, 0.2) is 11.1 Å². The summed E-state index contributed by atoms with van der Waals surface area (Å²) in [6, 6.07) is 15.7. The molecular weight excluding hydrogens is 442 g/mol. The molecule has 1 unspecified atom stereocenters. The van der Waals surface area contributed by atoms with E-state index in [0.717, 1.165) is 11.1 Å². The molecule has 172 valence electrons. The molecule has 0 saturated heterocycles. The maximum absolute atomic E-state index is 13.4. The summed E-state index contributed by atoms with van der Waals surface area (Å²) in [7, 11) is 3.16. The number of hydrogen-bond acceptors (Lipinski definition) is 8. The lowest BCUT2D eigenvalue weighted by atomic mass is 9.99. The van der Waals surface area contributed by atoms with E-state index >= 15 is 0 Å². The normalized spacial score (nSPS) is 15.6. The highest BCUT2D eigenvalue weighted by Crippen LogP contribution is 2.39. The minimum absolute atomic E-state index is 0.196. The average Bonchev–Trinajstić information content (AvgIpc) is 3.23. The molecule has 1 aromatic heterocycles. The highest BCUT2D eigenvalue weighted by atomic mass is 32.1. The SMILES string of the molecule is CCOC(=O)C1C(=O)c2sc(Oc3ccccc3)cc2CN1Cc1ccc(OC)cc1OC. The van der Waals surface area contributed by atoms with E-state index < -0.39 is 12.0 Å². The molecule has 0 spiro atoms. The first kappa shape index (κ1) is 22.8. The summed E-state index contributed by atoms with van der Waals surface area (Å²) in [5.41, 5.74) is 1.66. The monoisotopic (exact) mass is 467 g/mol. The molecule has 1 aliphatic rings. The van der Waals surface area contributed by atoms with Crippen LogP contribution in [0.1, 0.15) is 27.7 Å². The maximum atomic E-state index is 13.4. The molecule has 1 aliphatic heterocycles. The van der Waals surface area contributed by atoms with Gasteiger partial charge in [0.05, 0.1) is 25.7 Å². The van der Waals surface area contributed by atoms with Crippen molar-refractivity contribution in [1.29, 1.82) is 0 Å². The molecule has 4 rings (SSSR count). The standard InChI is InChI=1S/C25H25NO6S/c1-4-31-25(28)22-23(27)24-17(12-21(33-24)32-18-8-6-5-7-9-18)15-26(22)14-16-10-11-19(29-2)13-20(16)30-3/h5-13,22H,4,14-15H2,1-3H3. The van der Waals surface area contributed by atoms with Gasteiger partial charge in [-0.15, -0.1) is 0 Å². The van der Waals surface area contributed by atoms with Crippen molar-refractivity contribution in [1.82, 2.24) is 4.90 Å². The molecule has 7 nitrogen and oxygen atoms in total. The Morgan fingerprint density at radius 1 is 1.06 bits per heavy atom. The quantitative estimate of drug-likeness (QED) is 0.352. The molecule has 0 saturated carbocycles. The number of thiophene rings is 1. The van der Waals surface area contributed by atoms with E-state index in [1.807, 2.05) is 53.4 Å². The third-order valence-electron chi connectivity index (χ3n) is 5.34. The zero-order chi connectivity index (χ0) is 23.4. The number of Topliss-reactive ketones (excluding diaryl/α,β-unsaturated/α-hetero) is 1. The second kappa shape index (κ2) is 10.1. The van der Waals surface area contributed by atoms with Crippen molar-refractivity contribution in [2.75, 3.05) is 20.8 Å². The number of nitrogens with zero attached hydrogens (tertiary/aromatic N) is 1. The van der Waals surface area contributed by atoms with E-state index in [2.05, 4.69) is 0 Å². The molecule has 1 atom stereocenters. The Hall–Kier alpha value is -3.36. The number of rotatable bonds is 8. The molecule has 3 aromatic rings. The number of para-hydroxylation sites is 1. The van der Waals surface area contributed by atoms with Gasteiger partial charge in [0.2, 0.25) is 5.78 Å². The highest BCUT2D eigenvalue weighted by Gasteiger charge is 2.41. The molecule has 0 N–H and O–H groups in total. The Morgan fingerprint density at radius 2 is 1.85 bits per heavy atom. The molecule has 0 aliphatic carbocycles. The van der Waals surface area contributed by atoms with Gasteiger partial charge >= 0.3 is 5.97 Å². The molecule has 8 heteroatoms. The van der Waals surface area contributed by atoms with Crippen molar-refractivity contribution < 1.29 is 28.5 Å². The number of carbonyl (C=O) groups is 2. The summed E-state index contributed by atoms with van der Waals surface area (Å²) in [4.78, 5) is 28.6. The largest absolute Gasteiger partial charge is 0.497 e. The summed E-state index contributed by atoms with van der Waals surface area (Å²) in [5, 5.41) is 0.603. The van der Waals surface area contributed by atoms with Gasteiger partial charge in [-0.25, -0.2) is 4.79 Å². The van der Waals surface area contributed by atoms with Gasteiger partial charge in [0.25, 0.3) is 0 Å². The molecule has 0 radical (unpaired) electrons. The smallest absolute Gasteiger partial charge is 0.331 e. The second-order valence-electron chi connectivity index (χ2n) is 7.44. The fourth-order valence-electron chi connectivity index (χ4n) is 3.81. The molecule has 2 heterocycles. The molecule has 0 fully saturated rings. The van der Waals surface area contributed by atoms with Gasteiger partial charge in [-0.3, -0.25) is 9.69 Å². The number of hydrogen-bond donors (Lipinski definition) is 0. The van der Waals surface area contributed by atoms with Crippen LogP contribution >= 0.6 is 11.3 Å². The predicted molar refractivity (Wildman–Crippen MR) is 124 cm³/mol. The van der Waals surface area contributed by atoms with Crippen molar-refractivity contribution >= 4 is 23.1 Å². The van der Waals surface area contributed by atoms with Crippen LogP contribution in [0.2, 0.25) is 0 Å². The van der Waals surface area contributed by atoms with Crippen LogP contribution in [0, 0.1) is 0 Å². The van der Waals surface area contributed by atoms with Crippen molar-refractivity contribution in [3.05, 3.63) is 70.6 Å². The van der Waals surface area contributed by atoms with E-state index in [0.29, 0.717) is 40.3 Å². The zero-order valence-electron chi connectivity index (χ0n) is 18.7. The maximum Gasteiger partial charge on any atom is 0.331 e. The lowest BCUT2D eigenvalue weighted by molar-refractivity contribution is -0.148. The number of esters is 1. The van der Waals surface area contributed by atoms with E-state index in [1.54, 1.807) is 27.2 Å². The number of benzene rings is 2. The number of ketones is 1. The number of methoxy groups -OCH3 is 2. The van der Waals surface area contributed by atoms with E-state index in [9.17, 15) is 9.59 Å². The summed E-state index contributed by atoms with van der Waals surface area (Å²) in [6.45, 7) is 2.65. The Labute approximate surface area is 196 Å². The van der Waals surface area contributed by atoms with Crippen molar-refractivity contribution in [2.24, 2.45) is 0 Å². The van der Waals surface area contributed by atoms with Crippen LogP contribution in [0.25, 0.3) is 0 Å². The summed E-state index contributed by atoms with van der Waals surface area (Å²) >= 11 is 1.25. The Bertz CT molecular complexity index is 1140. The van der Waals surface area contributed by atoms with Crippen LogP contribution in [-0.4, -0.2) is 43.5 Å². The van der Waals surface area contributed by atoms with Gasteiger partial charge in [0.1, 0.15) is 17.2 Å². The van der Waals surface area contributed by atoms with Gasteiger partial charge in [-0.2, -0.15) is 0 Å². The summed E-state index contributed by atoms with van der Waals surface area (Å²) < 4.78 is 22.0. The van der Waals surface area contributed by atoms with Crippen LogP contribution in [0.15, 0.2) is 54.6 Å². The predicted octanol–water partition coefficient (Wildman–Crippen LogP) is 4.69. The van der Waals surface area contributed by atoms with E-state index in [4.69, 9.17) is 18.9 Å². The van der Waals surface area contributed by atoms with Crippen LogP contribution < -0.4 is 14.2 Å². The van der Waals surface area contributed by atoms with Gasteiger partial charge in [-0.1, -0.05) is 35.6 Å². The molecule has 0 bridgehead atoms. The van der Waals surface area contributed by atoms with E-state index in [-0.39, 0.29) is 12.4 Å². The fourth-order valence-corrected chi connectivity index (χ4v) is 4.82. The van der Waals surface area contributed by atoms with Crippen LogP contribution in [0.5, 0.6) is 22.3 Å². The summed E-state index contributed by atoms with van der Waals surface area (Å²) in [5.74, 6) is 1.13. The number of fused-ring (bicyclic) bond motifs is 1. The third kappa shape index (κ3) is 4.86. The Kier molecular flexibility index (Phi) is 6.96. The lowest BCUT2D eigenvalue weighted by Gasteiger charge is -2.33. The first-order valence-electron chi connectivity index (χ1n) is 10.6. The Morgan fingerprint density at radius 3 is 2.55 bits per heavy atom. The minimum atomic E-state index is -1.03. The third-order valence-corrected chi connectivity index (χ3v) is 6.41. The minimum Gasteiger partial charge on any atom is -0.497 e. The van der Waals surface area contributed by atoms with Crippen LogP contribution in [0.3, 0.4) is 0 Å². The highest BCUT2D eigenvalue weighted by molar-refractivity contribution is 7.16. The van der Waals surface area contributed by atoms with Crippen molar-refractivity contribution in [3.8, 4) is 22.3 Å². The van der Waals surface area contributed by atoms with Crippen LogP contribution in [-0.2, 0) is 22.6 Å². The summed E-state index contributed by atoms with van der Waals surface area (Å²) in [6.07, 6.45) is 0. The molecular formula is C25H25NO6S. The average molecular weight is 468 g/mol. The van der Waals surface area contributed by atoms with Crippen molar-refractivity contribution in [3.63, 3.8) is 0 Å². The molecule has 0 amide bonds. The topological polar surface area (TPSA) is 74.3 Å². The second-order valence-corrected chi connectivity index (χ2v) is 8.45. The van der Waals surface area contributed by atoms with Crippen LogP contribution in [0.4, 0.5) is 0 Å². The van der Waals surface area contributed by atoms with Gasteiger partial charge in [-0.05, 0) is 36.8 Å². The zero-order valence-corrected chi connectivity index (χ0v) is 19.5. The van der Waals surface area contributed by atoms with Gasteiger partial charge in [0, 0.05) is 24.7 Å². The first-order chi connectivity index (χ1) is 16.0. The lowest BCUT2D eigenvalue weighted by Crippen LogP contribution is -2.49. The van der Waals surface area contributed by atoms with Gasteiger partial charge < -0.3 is 18.9 Å².